The van der Waals surface area contributed by atoms with E-state index < -0.39 is 35.6 Å². The molecule has 0 fully saturated rings. The Balaban J connectivity index is 2.33. The second kappa shape index (κ2) is 12.2. The van der Waals surface area contributed by atoms with Crippen molar-refractivity contribution in [1.29, 1.82) is 0 Å². The van der Waals surface area contributed by atoms with Crippen molar-refractivity contribution in [1.82, 2.24) is 10.3 Å². The third-order valence-corrected chi connectivity index (χ3v) is 7.47. The first-order chi connectivity index (χ1) is 15.8. The maximum atomic E-state index is 13.1. The van der Waals surface area contributed by atoms with Crippen LogP contribution in [0.15, 0.2) is 22.6 Å². The van der Waals surface area contributed by atoms with Gasteiger partial charge in [-0.2, -0.15) is 0 Å². The second-order valence-electron chi connectivity index (χ2n) is 10.1. The van der Waals surface area contributed by atoms with Gasteiger partial charge < -0.3 is 20.3 Å². The molecule has 0 amide bonds. The predicted molar refractivity (Wildman–Crippen MR) is 135 cm³/mol. The number of nitrogens with one attached hydrogen (secondary N) is 1. The van der Waals surface area contributed by atoms with Crippen molar-refractivity contribution in [3.63, 3.8) is 0 Å². The van der Waals surface area contributed by atoms with Crippen LogP contribution in [-0.4, -0.2) is 58.4 Å². The van der Waals surface area contributed by atoms with Gasteiger partial charge in [0.1, 0.15) is 11.9 Å². The third-order valence-electron chi connectivity index (χ3n) is 6.68. The van der Waals surface area contributed by atoms with E-state index in [2.05, 4.69) is 10.3 Å². The van der Waals surface area contributed by atoms with Crippen LogP contribution in [0.5, 0.6) is 0 Å². The number of nitrogens with zero attached hydrogens (tertiary/aromatic N) is 1. The van der Waals surface area contributed by atoms with Crippen LogP contribution >= 0.6 is 11.3 Å². The van der Waals surface area contributed by atoms with E-state index in [4.69, 9.17) is 4.74 Å². The molecule has 1 aliphatic heterocycles. The number of cyclic esters (lactones) is 1. The molecule has 8 heteroatoms. The largest absolute Gasteiger partial charge is 0.457 e. The van der Waals surface area contributed by atoms with Crippen molar-refractivity contribution < 1.29 is 24.5 Å². The molecule has 0 bridgehead atoms. The monoisotopic (exact) mass is 492 g/mol. The molecular weight excluding hydrogens is 452 g/mol. The first-order valence-corrected chi connectivity index (χ1v) is 12.8. The van der Waals surface area contributed by atoms with E-state index in [1.807, 2.05) is 45.2 Å². The van der Waals surface area contributed by atoms with E-state index in [1.54, 1.807) is 32.1 Å². The number of aliphatic hydroxyl groups excluding tert-OH is 2. The summed E-state index contributed by atoms with van der Waals surface area (Å²) in [5, 5.41) is 27.8. The van der Waals surface area contributed by atoms with E-state index in [0.29, 0.717) is 19.5 Å². The molecule has 0 radical (unpaired) electrons. The molecule has 1 unspecified atom stereocenters. The van der Waals surface area contributed by atoms with Gasteiger partial charge in [0.05, 0.1) is 34.7 Å². The zero-order valence-corrected chi connectivity index (χ0v) is 22.2. The highest BCUT2D eigenvalue weighted by Gasteiger charge is 2.42. The Morgan fingerprint density at radius 1 is 1.26 bits per heavy atom. The molecular formula is C26H40N2O5S. The summed E-state index contributed by atoms with van der Waals surface area (Å²) < 4.78 is 5.79. The van der Waals surface area contributed by atoms with E-state index >= 15 is 0 Å². The van der Waals surface area contributed by atoms with E-state index in [0.717, 1.165) is 21.8 Å². The van der Waals surface area contributed by atoms with Gasteiger partial charge >= 0.3 is 5.97 Å². The molecule has 3 N–H and O–H groups in total. The number of hydrogen-bond acceptors (Lipinski definition) is 8. The van der Waals surface area contributed by atoms with Crippen molar-refractivity contribution >= 4 is 29.2 Å². The lowest BCUT2D eigenvalue weighted by molar-refractivity contribution is -0.154. The van der Waals surface area contributed by atoms with Gasteiger partial charge in [0.2, 0.25) is 0 Å². The van der Waals surface area contributed by atoms with Crippen molar-refractivity contribution in [2.45, 2.75) is 79.6 Å². The first kappa shape index (κ1) is 28.4. The molecule has 5 atom stereocenters. The molecule has 2 rings (SSSR count). The standard InChI is InChI=1S/C26H40N2O5S/c1-15-8-9-21(16(2)10-20-14-34-19(5)28-20)33-23(30)11-22(29)26(6,7)25(32)18(4)24(31)17(3)13-27-12-15/h8,10,14,17-18,21-22,24,27,29,31H,9,11-13H2,1-7H3/b15-8-,16-10+/t17-,18+,21?,22-,24-/m0/s1. The maximum absolute atomic E-state index is 13.1. The zero-order chi connectivity index (χ0) is 25.6. The summed E-state index contributed by atoms with van der Waals surface area (Å²) in [7, 11) is 0. The lowest BCUT2D eigenvalue weighted by Crippen LogP contribution is -2.46. The van der Waals surface area contributed by atoms with Crippen molar-refractivity contribution in [3.05, 3.63) is 33.3 Å². The van der Waals surface area contributed by atoms with Crippen LogP contribution in [0.4, 0.5) is 0 Å². The smallest absolute Gasteiger partial charge is 0.309 e. The molecule has 1 aromatic heterocycles. The number of esters is 1. The van der Waals surface area contributed by atoms with Crippen LogP contribution in [0.2, 0.25) is 0 Å². The fourth-order valence-corrected chi connectivity index (χ4v) is 4.69. The first-order valence-electron chi connectivity index (χ1n) is 11.9. The van der Waals surface area contributed by atoms with E-state index in [-0.39, 0.29) is 18.1 Å². The molecule has 0 saturated carbocycles. The highest BCUT2D eigenvalue weighted by atomic mass is 32.1. The fraction of sp³-hybridized carbons (Fsp3) is 0.654. The lowest BCUT2D eigenvalue weighted by atomic mass is 9.73. The fourth-order valence-electron chi connectivity index (χ4n) is 4.12. The highest BCUT2D eigenvalue weighted by molar-refractivity contribution is 7.09. The number of Topliss-reactive ketones (excluding diaryl/α,β-unsaturated/α-hetero) is 1. The van der Waals surface area contributed by atoms with Gasteiger partial charge in [0, 0.05) is 30.8 Å². The average molecular weight is 493 g/mol. The molecule has 1 aliphatic rings. The van der Waals surface area contributed by atoms with E-state index in [9.17, 15) is 19.8 Å². The van der Waals surface area contributed by atoms with Crippen molar-refractivity contribution in [3.8, 4) is 0 Å². The summed E-state index contributed by atoms with van der Waals surface area (Å²) in [4.78, 5) is 30.4. The summed E-state index contributed by atoms with van der Waals surface area (Å²) in [6.07, 6.45) is 1.53. The summed E-state index contributed by atoms with van der Waals surface area (Å²) in [5.74, 6) is -1.68. The number of carbonyl (C=O) groups excluding carboxylic acids is 2. The Morgan fingerprint density at radius 3 is 2.56 bits per heavy atom. The van der Waals surface area contributed by atoms with Crippen LogP contribution in [0.3, 0.4) is 0 Å². The van der Waals surface area contributed by atoms with Gasteiger partial charge in [-0.25, -0.2) is 4.98 Å². The zero-order valence-electron chi connectivity index (χ0n) is 21.4. The van der Waals surface area contributed by atoms with Crippen LogP contribution in [0.25, 0.3) is 6.08 Å². The minimum atomic E-state index is -1.23. The summed E-state index contributed by atoms with van der Waals surface area (Å²) in [6.45, 7) is 13.8. The molecule has 2 heterocycles. The van der Waals surface area contributed by atoms with Gasteiger partial charge in [-0.15, -0.1) is 11.3 Å². The summed E-state index contributed by atoms with van der Waals surface area (Å²) >= 11 is 1.55. The van der Waals surface area contributed by atoms with Gasteiger partial charge in [-0.1, -0.05) is 39.3 Å². The average Bonchev–Trinajstić information content (AvgIpc) is 3.18. The van der Waals surface area contributed by atoms with Gasteiger partial charge in [0.25, 0.3) is 0 Å². The lowest BCUT2D eigenvalue weighted by Gasteiger charge is -2.34. The van der Waals surface area contributed by atoms with Gasteiger partial charge in [0.15, 0.2) is 0 Å². The van der Waals surface area contributed by atoms with E-state index in [1.165, 1.54) is 0 Å². The third kappa shape index (κ3) is 7.57. The van der Waals surface area contributed by atoms with Crippen LogP contribution < -0.4 is 5.32 Å². The molecule has 34 heavy (non-hydrogen) atoms. The van der Waals surface area contributed by atoms with Gasteiger partial charge in [-0.3, -0.25) is 9.59 Å². The minimum absolute atomic E-state index is 0.156. The Bertz CT molecular complexity index is 920. The second-order valence-corrected chi connectivity index (χ2v) is 11.2. The highest BCUT2D eigenvalue weighted by Crippen LogP contribution is 2.31. The Labute approximate surface area is 207 Å². The summed E-state index contributed by atoms with van der Waals surface area (Å²) in [5.41, 5.74) is 1.54. The van der Waals surface area contributed by atoms with Crippen LogP contribution in [-0.2, 0) is 14.3 Å². The number of hydrogen-bond donors (Lipinski definition) is 3. The normalized spacial score (nSPS) is 32.1. The molecule has 0 saturated heterocycles. The number of aromatic nitrogens is 1. The van der Waals surface area contributed by atoms with Crippen LogP contribution in [0, 0.1) is 24.2 Å². The number of aliphatic hydroxyl groups is 2. The molecule has 1 aromatic rings. The molecule has 0 aliphatic carbocycles. The predicted octanol–water partition coefficient (Wildman–Crippen LogP) is 3.69. The van der Waals surface area contributed by atoms with Crippen molar-refractivity contribution in [2.24, 2.45) is 17.3 Å². The molecule has 0 aromatic carbocycles. The molecule has 7 nitrogen and oxygen atoms in total. The number of ether oxygens (including phenoxy) is 1. The molecule has 0 spiro atoms. The maximum Gasteiger partial charge on any atom is 0.309 e. The SMILES string of the molecule is C/C1=C/CC(/C(C)=C/c2csc(C)n2)OC(=O)C[C@H](O)C(C)(C)C(=O)[C@H](C)[C@@H](O)[C@@H](C)CNC1. The topological polar surface area (TPSA) is 109 Å². The Kier molecular flexibility index (Phi) is 10.2. The van der Waals surface area contributed by atoms with Gasteiger partial charge in [-0.05, 0) is 38.3 Å². The summed E-state index contributed by atoms with van der Waals surface area (Å²) in [6, 6.07) is 0. The number of carbonyl (C=O) groups is 2. The number of rotatable bonds is 2. The number of aryl methyl sites for hydroxylation is 1. The Hall–Kier alpha value is -1.87. The molecule has 190 valence electrons. The quantitative estimate of drug-likeness (QED) is 0.427. The number of thiazole rings is 1. The number of ketones is 1. The Morgan fingerprint density at radius 2 is 1.94 bits per heavy atom. The van der Waals surface area contributed by atoms with Crippen LogP contribution in [0.1, 0.15) is 65.1 Å². The minimum Gasteiger partial charge on any atom is -0.457 e. The van der Waals surface area contributed by atoms with Crippen molar-refractivity contribution in [2.75, 3.05) is 13.1 Å².